The summed E-state index contributed by atoms with van der Waals surface area (Å²) in [4.78, 5) is 9.20. The van der Waals surface area contributed by atoms with Crippen molar-refractivity contribution in [3.63, 3.8) is 0 Å². The van der Waals surface area contributed by atoms with Gasteiger partial charge in [-0.15, -0.1) is 11.8 Å². The van der Waals surface area contributed by atoms with E-state index in [9.17, 15) is 0 Å². The molecule has 2 aromatic heterocycles. The van der Waals surface area contributed by atoms with Crippen molar-refractivity contribution < 1.29 is 9.47 Å². The van der Waals surface area contributed by atoms with E-state index >= 15 is 0 Å². The average Bonchev–Trinajstić information content (AvgIpc) is 2.94. The third-order valence-electron chi connectivity index (χ3n) is 3.54. The summed E-state index contributed by atoms with van der Waals surface area (Å²) in [5.41, 5.74) is 3.83. The lowest BCUT2D eigenvalue weighted by molar-refractivity contribution is 0.355. The molecule has 0 amide bonds. The van der Waals surface area contributed by atoms with Gasteiger partial charge in [0.2, 0.25) is 0 Å². The van der Waals surface area contributed by atoms with E-state index < -0.39 is 0 Å². The normalized spacial score (nSPS) is 10.9. The van der Waals surface area contributed by atoms with E-state index in [2.05, 4.69) is 4.98 Å². The molecule has 3 rings (SSSR count). The number of thioether (sulfide) groups is 1. The van der Waals surface area contributed by atoms with Gasteiger partial charge in [-0.25, -0.2) is 9.97 Å². The zero-order chi connectivity index (χ0) is 15.7. The van der Waals surface area contributed by atoms with Gasteiger partial charge in [-0.1, -0.05) is 0 Å². The molecule has 2 heterocycles. The van der Waals surface area contributed by atoms with Crippen LogP contribution in [-0.4, -0.2) is 35.0 Å². The fourth-order valence-electron chi connectivity index (χ4n) is 2.42. The molecule has 1 aromatic carbocycles. The molecule has 6 heteroatoms. The Morgan fingerprint density at radius 3 is 2.55 bits per heavy atom. The summed E-state index contributed by atoms with van der Waals surface area (Å²) in [7, 11) is 5.23. The molecule has 0 fully saturated rings. The number of aryl methyl sites for hydroxylation is 1. The highest BCUT2D eigenvalue weighted by Crippen LogP contribution is 2.34. The van der Waals surface area contributed by atoms with Gasteiger partial charge in [0, 0.05) is 12.6 Å². The van der Waals surface area contributed by atoms with E-state index in [0.29, 0.717) is 11.5 Å². The van der Waals surface area contributed by atoms with Gasteiger partial charge in [-0.05, 0) is 30.5 Å². The number of hydrogen-bond donors (Lipinski definition) is 0. The van der Waals surface area contributed by atoms with Gasteiger partial charge in [0.05, 0.1) is 31.8 Å². The SMILES string of the molecule is COc1ccc(-c2cc3ncn(C)c3c(SC)n2)cc1OC. The Morgan fingerprint density at radius 1 is 1.09 bits per heavy atom. The van der Waals surface area contributed by atoms with Gasteiger partial charge < -0.3 is 14.0 Å². The first-order valence-electron chi connectivity index (χ1n) is 6.76. The second-order valence-corrected chi connectivity index (χ2v) is 5.60. The first-order valence-corrected chi connectivity index (χ1v) is 7.99. The minimum absolute atomic E-state index is 0.689. The molecule has 0 aliphatic carbocycles. The van der Waals surface area contributed by atoms with Crippen LogP contribution in [0.1, 0.15) is 0 Å². The van der Waals surface area contributed by atoms with E-state index in [1.165, 1.54) is 0 Å². The van der Waals surface area contributed by atoms with E-state index in [-0.39, 0.29) is 0 Å². The Hall–Kier alpha value is -2.21. The molecule has 0 spiro atoms. The van der Waals surface area contributed by atoms with Gasteiger partial charge in [-0.2, -0.15) is 0 Å². The molecule has 0 N–H and O–H groups in total. The number of aromatic nitrogens is 3. The molecule has 0 aliphatic rings. The number of pyridine rings is 1. The zero-order valence-electron chi connectivity index (χ0n) is 13.0. The number of benzene rings is 1. The van der Waals surface area contributed by atoms with Gasteiger partial charge in [0.1, 0.15) is 10.5 Å². The van der Waals surface area contributed by atoms with Crippen LogP contribution in [0.15, 0.2) is 35.6 Å². The number of hydrogen-bond acceptors (Lipinski definition) is 5. The van der Waals surface area contributed by atoms with Gasteiger partial charge in [-0.3, -0.25) is 0 Å². The van der Waals surface area contributed by atoms with Crippen molar-refractivity contribution in [1.29, 1.82) is 0 Å². The van der Waals surface area contributed by atoms with Crippen molar-refractivity contribution in [1.82, 2.24) is 14.5 Å². The monoisotopic (exact) mass is 315 g/mol. The predicted molar refractivity (Wildman–Crippen MR) is 88.8 cm³/mol. The molecule has 5 nitrogen and oxygen atoms in total. The molecule has 3 aromatic rings. The first kappa shape index (κ1) is 14.7. The molecule has 0 aliphatic heterocycles. The lowest BCUT2D eigenvalue weighted by Crippen LogP contribution is -1.94. The van der Waals surface area contributed by atoms with Crippen molar-refractivity contribution in [3.8, 4) is 22.8 Å². The average molecular weight is 315 g/mol. The van der Waals surface area contributed by atoms with E-state index in [1.807, 2.05) is 48.5 Å². The molecule has 0 saturated carbocycles. The number of imidazole rings is 1. The van der Waals surface area contributed by atoms with Crippen LogP contribution in [-0.2, 0) is 7.05 Å². The van der Waals surface area contributed by atoms with Crippen molar-refractivity contribution in [3.05, 3.63) is 30.6 Å². The Morgan fingerprint density at radius 2 is 1.86 bits per heavy atom. The Labute approximate surface area is 133 Å². The topological polar surface area (TPSA) is 49.2 Å². The maximum absolute atomic E-state index is 5.37. The Balaban J connectivity index is 2.18. The largest absolute Gasteiger partial charge is 0.493 e. The number of methoxy groups -OCH3 is 2. The van der Waals surface area contributed by atoms with Crippen LogP contribution in [0.3, 0.4) is 0 Å². The first-order chi connectivity index (χ1) is 10.7. The second kappa shape index (κ2) is 5.88. The minimum atomic E-state index is 0.689. The molecule has 0 atom stereocenters. The van der Waals surface area contributed by atoms with Crippen LogP contribution in [0.25, 0.3) is 22.3 Å². The van der Waals surface area contributed by atoms with Gasteiger partial charge in [0.15, 0.2) is 11.5 Å². The number of ether oxygens (including phenoxy) is 2. The summed E-state index contributed by atoms with van der Waals surface area (Å²) < 4.78 is 12.6. The fraction of sp³-hybridized carbons (Fsp3) is 0.250. The smallest absolute Gasteiger partial charge is 0.161 e. The molecule has 0 unspecified atom stereocenters. The van der Waals surface area contributed by atoms with Crippen LogP contribution >= 0.6 is 11.8 Å². The van der Waals surface area contributed by atoms with Crippen LogP contribution < -0.4 is 9.47 Å². The minimum Gasteiger partial charge on any atom is -0.493 e. The molecule has 22 heavy (non-hydrogen) atoms. The Bertz CT molecular complexity index is 830. The maximum Gasteiger partial charge on any atom is 0.161 e. The molecule has 0 saturated heterocycles. The lowest BCUT2D eigenvalue weighted by atomic mass is 10.1. The van der Waals surface area contributed by atoms with E-state index in [4.69, 9.17) is 14.5 Å². The fourth-order valence-corrected chi connectivity index (χ4v) is 3.06. The summed E-state index contributed by atoms with van der Waals surface area (Å²) in [5.74, 6) is 1.39. The Kier molecular flexibility index (Phi) is 3.94. The van der Waals surface area contributed by atoms with Crippen LogP contribution in [0, 0.1) is 0 Å². The summed E-state index contributed by atoms with van der Waals surface area (Å²) >= 11 is 1.62. The van der Waals surface area contributed by atoms with Crippen molar-refractivity contribution in [2.75, 3.05) is 20.5 Å². The highest BCUT2D eigenvalue weighted by atomic mass is 32.2. The quantitative estimate of drug-likeness (QED) is 0.691. The van der Waals surface area contributed by atoms with E-state index in [0.717, 1.165) is 27.3 Å². The summed E-state index contributed by atoms with van der Waals surface area (Å²) in [6.07, 6.45) is 3.83. The third kappa shape index (κ3) is 2.39. The summed E-state index contributed by atoms with van der Waals surface area (Å²) in [5, 5.41) is 0.960. The summed E-state index contributed by atoms with van der Waals surface area (Å²) in [6, 6.07) is 7.79. The molecular formula is C16H17N3O2S. The predicted octanol–water partition coefficient (Wildman–Crippen LogP) is 3.37. The van der Waals surface area contributed by atoms with Crippen LogP contribution in [0.5, 0.6) is 11.5 Å². The molecule has 0 bridgehead atoms. The van der Waals surface area contributed by atoms with Crippen LogP contribution in [0.2, 0.25) is 0 Å². The standard InChI is InChI=1S/C16H17N3O2S/c1-19-9-17-12-8-11(18-16(22-4)15(12)19)10-5-6-13(20-2)14(7-10)21-3/h5-9H,1-4H3. The highest BCUT2D eigenvalue weighted by Gasteiger charge is 2.13. The maximum atomic E-state index is 5.37. The summed E-state index contributed by atoms with van der Waals surface area (Å²) in [6.45, 7) is 0. The van der Waals surface area contributed by atoms with Crippen molar-refractivity contribution >= 4 is 22.8 Å². The highest BCUT2D eigenvalue weighted by molar-refractivity contribution is 7.98. The van der Waals surface area contributed by atoms with E-state index in [1.54, 1.807) is 26.0 Å². The zero-order valence-corrected chi connectivity index (χ0v) is 13.8. The number of nitrogens with zero attached hydrogens (tertiary/aromatic N) is 3. The van der Waals surface area contributed by atoms with Crippen molar-refractivity contribution in [2.24, 2.45) is 7.05 Å². The lowest BCUT2D eigenvalue weighted by Gasteiger charge is -2.10. The van der Waals surface area contributed by atoms with Gasteiger partial charge in [0.25, 0.3) is 0 Å². The number of rotatable bonds is 4. The molecular weight excluding hydrogens is 298 g/mol. The third-order valence-corrected chi connectivity index (χ3v) is 4.21. The second-order valence-electron chi connectivity index (χ2n) is 4.81. The molecule has 0 radical (unpaired) electrons. The number of fused-ring (bicyclic) bond motifs is 1. The molecule has 114 valence electrons. The van der Waals surface area contributed by atoms with Crippen LogP contribution in [0.4, 0.5) is 0 Å². The van der Waals surface area contributed by atoms with Crippen molar-refractivity contribution in [2.45, 2.75) is 5.03 Å². The van der Waals surface area contributed by atoms with Gasteiger partial charge >= 0.3 is 0 Å².